The predicted molar refractivity (Wildman–Crippen MR) is 343 cm³/mol. The van der Waals surface area contributed by atoms with Gasteiger partial charge in [-0.05, 0) is 58.3 Å². The molecule has 1 nitrogen and oxygen atoms in total. The van der Waals surface area contributed by atoms with Gasteiger partial charge in [0.15, 0.2) is 0 Å². The van der Waals surface area contributed by atoms with Gasteiger partial charge < -0.3 is 4.48 Å². The molecule has 0 radical (unpaired) electrons. The summed E-state index contributed by atoms with van der Waals surface area (Å²) in [6, 6.07) is 0.848. The largest absolute Gasteiger partial charge is 0.321 e. The molecule has 0 N–H and O–H groups in total. The maximum absolute atomic E-state index is 2.75. The highest BCUT2D eigenvalue weighted by molar-refractivity contribution is 4.62. The summed E-state index contributed by atoms with van der Waals surface area (Å²) in [5.74, 6) is 0. The normalized spacial score (nSPS) is 12.4. The van der Waals surface area contributed by atoms with Gasteiger partial charge in [-0.1, -0.05) is 387 Å². The molecule has 0 saturated carbocycles. The van der Waals surface area contributed by atoms with Crippen LogP contribution in [0.5, 0.6) is 0 Å². The maximum atomic E-state index is 2.75. The van der Waals surface area contributed by atoms with Crippen LogP contribution in [-0.2, 0) is 0 Å². The molecule has 0 aromatic carbocycles. The average Bonchev–Trinajstić information content (AvgIpc) is 3.41. The SMILES string of the molecule is CCCCCCCCCCCCCCCCCC[N+](CCCCCCCCCCCCCCCCCC)(CCCCCCCCCCCCCCCCCC)C(C)CCCCCCCCCCCCCCCCC. The molecule has 0 rings (SSSR count). The van der Waals surface area contributed by atoms with E-state index in [1.54, 1.807) is 0 Å². The van der Waals surface area contributed by atoms with Crippen LogP contribution in [0.2, 0.25) is 0 Å². The van der Waals surface area contributed by atoms with Gasteiger partial charge in [0.25, 0.3) is 0 Å². The van der Waals surface area contributed by atoms with E-state index in [1.807, 2.05) is 0 Å². The molecule has 0 heterocycles. The molecule has 0 aromatic heterocycles. The fourth-order valence-corrected chi connectivity index (χ4v) is 13.0. The second-order valence-corrected chi connectivity index (χ2v) is 25.9. The predicted octanol–water partition coefficient (Wildman–Crippen LogP) is 27.2. The molecular formula is C73H150N+. The topological polar surface area (TPSA) is 0 Å². The van der Waals surface area contributed by atoms with E-state index in [4.69, 9.17) is 0 Å². The van der Waals surface area contributed by atoms with E-state index in [9.17, 15) is 0 Å². The number of quaternary nitrogens is 1. The average molecular weight is 1040 g/mol. The van der Waals surface area contributed by atoms with Gasteiger partial charge in [-0.2, -0.15) is 0 Å². The van der Waals surface area contributed by atoms with Crippen LogP contribution in [0.3, 0.4) is 0 Å². The standard InChI is InChI=1S/C73H150N/c1-6-10-14-18-22-26-30-34-38-42-46-50-54-58-62-66-70-74(71-67-63-59-55-51-47-43-39-35-31-27-23-19-15-11-7-2,72-68-64-60-56-52-48-44-40-36-32-28-24-20-16-12-8-3)73(5)69-65-61-57-53-49-45-41-37-33-29-25-21-17-13-9-4/h73H,6-72H2,1-5H3/q+1. The van der Waals surface area contributed by atoms with Crippen molar-refractivity contribution in [2.24, 2.45) is 0 Å². The van der Waals surface area contributed by atoms with Crippen molar-refractivity contribution < 1.29 is 4.48 Å². The molecular weight excluding hydrogens is 891 g/mol. The van der Waals surface area contributed by atoms with E-state index in [0.29, 0.717) is 0 Å². The van der Waals surface area contributed by atoms with Gasteiger partial charge in [0, 0.05) is 0 Å². The van der Waals surface area contributed by atoms with E-state index >= 15 is 0 Å². The lowest BCUT2D eigenvalue weighted by atomic mass is 9.99. The van der Waals surface area contributed by atoms with Crippen LogP contribution in [0.1, 0.15) is 446 Å². The molecule has 0 fully saturated rings. The summed E-state index contributed by atoms with van der Waals surface area (Å²) in [6.45, 7) is 16.5. The third-order valence-corrected chi connectivity index (χ3v) is 18.5. The molecule has 0 spiro atoms. The minimum Gasteiger partial charge on any atom is -0.321 e. The van der Waals surface area contributed by atoms with Crippen molar-refractivity contribution in [1.82, 2.24) is 0 Å². The zero-order valence-corrected chi connectivity index (χ0v) is 53.4. The van der Waals surface area contributed by atoms with E-state index in [0.717, 1.165) is 6.04 Å². The summed E-state index contributed by atoms with van der Waals surface area (Å²) >= 11 is 0. The fraction of sp³-hybridized carbons (Fsp3) is 1.00. The van der Waals surface area contributed by atoms with Crippen LogP contribution in [0.15, 0.2) is 0 Å². The Hall–Kier alpha value is -0.0400. The summed E-state index contributed by atoms with van der Waals surface area (Å²) in [5, 5.41) is 0. The molecule has 0 bridgehead atoms. The number of rotatable bonds is 68. The molecule has 1 heteroatoms. The van der Waals surface area contributed by atoms with Gasteiger partial charge in [-0.25, -0.2) is 0 Å². The first-order valence-corrected chi connectivity index (χ1v) is 36.5. The van der Waals surface area contributed by atoms with Crippen molar-refractivity contribution in [1.29, 1.82) is 0 Å². The Labute approximate surface area is 473 Å². The molecule has 1 atom stereocenters. The van der Waals surface area contributed by atoms with Crippen LogP contribution in [-0.4, -0.2) is 30.2 Å². The van der Waals surface area contributed by atoms with E-state index in [2.05, 4.69) is 34.6 Å². The first-order chi connectivity index (χ1) is 36.7. The second kappa shape index (κ2) is 65.5. The molecule has 0 aliphatic carbocycles. The molecule has 1 unspecified atom stereocenters. The highest BCUT2D eigenvalue weighted by Gasteiger charge is 2.32. The number of hydrogen-bond acceptors (Lipinski definition) is 0. The molecule has 0 aliphatic rings. The highest BCUT2D eigenvalue weighted by atomic mass is 15.4. The number of unbranched alkanes of at least 4 members (excludes halogenated alkanes) is 59. The third kappa shape index (κ3) is 56.7. The molecule has 74 heavy (non-hydrogen) atoms. The summed E-state index contributed by atoms with van der Waals surface area (Å²) in [6.07, 6.45) is 94.5. The molecule has 0 aromatic rings. The first kappa shape index (κ1) is 74.0. The lowest BCUT2D eigenvalue weighted by Crippen LogP contribution is -2.56. The number of hydrogen-bond donors (Lipinski definition) is 0. The Morgan fingerprint density at radius 2 is 0.284 bits per heavy atom. The Bertz CT molecular complexity index is 867. The van der Waals surface area contributed by atoms with Crippen molar-refractivity contribution in [2.45, 2.75) is 452 Å². The van der Waals surface area contributed by atoms with Crippen molar-refractivity contribution in [3.05, 3.63) is 0 Å². The third-order valence-electron chi connectivity index (χ3n) is 18.5. The van der Waals surface area contributed by atoms with Crippen molar-refractivity contribution in [2.75, 3.05) is 19.6 Å². The summed E-state index contributed by atoms with van der Waals surface area (Å²) in [5.41, 5.74) is 0. The minimum absolute atomic E-state index is 0.848. The van der Waals surface area contributed by atoms with Crippen molar-refractivity contribution >= 4 is 0 Å². The minimum atomic E-state index is 0.848. The first-order valence-electron chi connectivity index (χ1n) is 36.5. The Kier molecular flexibility index (Phi) is 65.4. The van der Waals surface area contributed by atoms with Crippen molar-refractivity contribution in [3.8, 4) is 0 Å². The molecule has 0 aliphatic heterocycles. The smallest absolute Gasteiger partial charge is 0.0861 e. The highest BCUT2D eigenvalue weighted by Crippen LogP contribution is 2.27. The van der Waals surface area contributed by atoms with Crippen molar-refractivity contribution in [3.63, 3.8) is 0 Å². The molecule has 0 saturated heterocycles. The zero-order chi connectivity index (χ0) is 53.5. The second-order valence-electron chi connectivity index (χ2n) is 25.9. The van der Waals surface area contributed by atoms with Crippen LogP contribution in [0, 0.1) is 0 Å². The Morgan fingerprint density at radius 3 is 0.432 bits per heavy atom. The van der Waals surface area contributed by atoms with Gasteiger partial charge in [0.2, 0.25) is 0 Å². The van der Waals surface area contributed by atoms with Gasteiger partial charge >= 0.3 is 0 Å². The van der Waals surface area contributed by atoms with Gasteiger partial charge in [0.1, 0.15) is 0 Å². The lowest BCUT2D eigenvalue weighted by molar-refractivity contribution is -0.950. The number of nitrogens with zero attached hydrogens (tertiary/aromatic N) is 1. The van der Waals surface area contributed by atoms with E-state index in [-0.39, 0.29) is 0 Å². The fourth-order valence-electron chi connectivity index (χ4n) is 13.0. The van der Waals surface area contributed by atoms with Crippen LogP contribution >= 0.6 is 0 Å². The van der Waals surface area contributed by atoms with E-state index in [1.165, 1.54) is 435 Å². The lowest BCUT2D eigenvalue weighted by Gasteiger charge is -2.45. The van der Waals surface area contributed by atoms with Gasteiger partial charge in [-0.15, -0.1) is 0 Å². The van der Waals surface area contributed by atoms with Crippen LogP contribution < -0.4 is 0 Å². The van der Waals surface area contributed by atoms with Gasteiger partial charge in [0.05, 0.1) is 25.7 Å². The Morgan fingerprint density at radius 1 is 0.162 bits per heavy atom. The molecule has 446 valence electrons. The maximum Gasteiger partial charge on any atom is 0.0861 e. The van der Waals surface area contributed by atoms with Gasteiger partial charge in [-0.3, -0.25) is 0 Å². The quantitative estimate of drug-likeness (QED) is 0.0421. The Balaban J connectivity index is 5.08. The van der Waals surface area contributed by atoms with Crippen LogP contribution in [0.4, 0.5) is 0 Å². The van der Waals surface area contributed by atoms with Crippen LogP contribution in [0.25, 0.3) is 0 Å². The molecule has 0 amide bonds. The van der Waals surface area contributed by atoms with E-state index < -0.39 is 0 Å². The zero-order valence-electron chi connectivity index (χ0n) is 53.4. The monoisotopic (exact) mass is 1040 g/mol. The summed E-state index contributed by atoms with van der Waals surface area (Å²) in [4.78, 5) is 0. The summed E-state index contributed by atoms with van der Waals surface area (Å²) < 4.78 is 1.48. The summed E-state index contributed by atoms with van der Waals surface area (Å²) in [7, 11) is 0.